The summed E-state index contributed by atoms with van der Waals surface area (Å²) in [5.41, 5.74) is 0.969. The van der Waals surface area contributed by atoms with E-state index in [4.69, 9.17) is 0 Å². The maximum Gasteiger partial charge on any atom is 0.226 e. The van der Waals surface area contributed by atoms with E-state index in [1.807, 2.05) is 12.1 Å². The van der Waals surface area contributed by atoms with E-state index in [2.05, 4.69) is 52.5 Å². The Bertz CT molecular complexity index is 461. The van der Waals surface area contributed by atoms with Gasteiger partial charge in [-0.25, -0.2) is 0 Å². The molecule has 0 spiro atoms. The van der Waals surface area contributed by atoms with Gasteiger partial charge in [0.2, 0.25) is 5.91 Å². The van der Waals surface area contributed by atoms with Crippen LogP contribution in [0.15, 0.2) is 28.7 Å². The fraction of sp³-hybridized carbons (Fsp3) is 0.588. The Kier molecular flexibility index (Phi) is 5.82. The van der Waals surface area contributed by atoms with Gasteiger partial charge in [-0.2, -0.15) is 0 Å². The molecule has 1 amide bonds. The van der Waals surface area contributed by atoms with E-state index in [9.17, 15) is 4.79 Å². The van der Waals surface area contributed by atoms with E-state index >= 15 is 0 Å². The number of halogens is 1. The lowest BCUT2D eigenvalue weighted by Crippen LogP contribution is -2.48. The highest BCUT2D eigenvalue weighted by Crippen LogP contribution is 2.35. The third kappa shape index (κ3) is 4.07. The smallest absolute Gasteiger partial charge is 0.226 e. The zero-order valence-electron chi connectivity index (χ0n) is 12.9. The number of piperidine rings is 1. The predicted molar refractivity (Wildman–Crippen MR) is 90.1 cm³/mol. The summed E-state index contributed by atoms with van der Waals surface area (Å²) in [4.78, 5) is 12.8. The SMILES string of the molecule is CCCC1(C(=O)N[C@@H](C)c2ccc(Br)cc2)CCNCC1. The first kappa shape index (κ1) is 16.5. The number of carbonyl (C=O) groups excluding carboxylic acids is 1. The van der Waals surface area contributed by atoms with E-state index in [1.54, 1.807) is 0 Å². The Morgan fingerprint density at radius 2 is 1.95 bits per heavy atom. The van der Waals surface area contributed by atoms with Crippen molar-refractivity contribution in [2.45, 2.75) is 45.6 Å². The molecule has 116 valence electrons. The van der Waals surface area contributed by atoms with Crippen molar-refractivity contribution in [3.8, 4) is 0 Å². The number of hydrogen-bond acceptors (Lipinski definition) is 2. The molecule has 1 aromatic carbocycles. The molecule has 1 saturated heterocycles. The van der Waals surface area contributed by atoms with Crippen LogP contribution in [-0.2, 0) is 4.79 Å². The van der Waals surface area contributed by atoms with Gasteiger partial charge in [0, 0.05) is 4.47 Å². The zero-order valence-corrected chi connectivity index (χ0v) is 14.5. The molecule has 2 rings (SSSR count). The summed E-state index contributed by atoms with van der Waals surface area (Å²) in [7, 11) is 0. The Labute approximate surface area is 136 Å². The minimum absolute atomic E-state index is 0.0502. The summed E-state index contributed by atoms with van der Waals surface area (Å²) in [6.07, 6.45) is 3.92. The van der Waals surface area contributed by atoms with E-state index in [1.165, 1.54) is 0 Å². The predicted octanol–water partition coefficient (Wildman–Crippen LogP) is 3.80. The number of nitrogens with one attached hydrogen (secondary N) is 2. The molecular formula is C17H25BrN2O. The molecule has 0 bridgehead atoms. The van der Waals surface area contributed by atoms with Gasteiger partial charge in [0.1, 0.15) is 0 Å². The van der Waals surface area contributed by atoms with E-state index in [0.29, 0.717) is 0 Å². The Morgan fingerprint density at radius 3 is 2.52 bits per heavy atom. The summed E-state index contributed by atoms with van der Waals surface area (Å²) in [5, 5.41) is 6.59. The van der Waals surface area contributed by atoms with Crippen LogP contribution in [0.1, 0.15) is 51.1 Å². The average molecular weight is 353 g/mol. The normalized spacial score (nSPS) is 19.0. The van der Waals surface area contributed by atoms with Crippen LogP contribution in [-0.4, -0.2) is 19.0 Å². The number of rotatable bonds is 5. The molecule has 0 aromatic heterocycles. The maximum absolute atomic E-state index is 12.8. The molecular weight excluding hydrogens is 328 g/mol. The van der Waals surface area contributed by atoms with Crippen molar-refractivity contribution in [3.63, 3.8) is 0 Å². The van der Waals surface area contributed by atoms with Crippen molar-refractivity contribution >= 4 is 21.8 Å². The monoisotopic (exact) mass is 352 g/mol. The summed E-state index contributed by atoms with van der Waals surface area (Å²) < 4.78 is 1.06. The number of benzene rings is 1. The summed E-state index contributed by atoms with van der Waals surface area (Å²) in [6, 6.07) is 8.21. The molecule has 4 heteroatoms. The van der Waals surface area contributed by atoms with Crippen LogP contribution in [0.25, 0.3) is 0 Å². The molecule has 1 aliphatic rings. The molecule has 1 atom stereocenters. The molecule has 0 aliphatic carbocycles. The topological polar surface area (TPSA) is 41.1 Å². The van der Waals surface area contributed by atoms with Crippen LogP contribution < -0.4 is 10.6 Å². The molecule has 1 heterocycles. The zero-order chi connectivity index (χ0) is 15.3. The lowest BCUT2D eigenvalue weighted by atomic mass is 9.74. The number of hydrogen-bond donors (Lipinski definition) is 2. The van der Waals surface area contributed by atoms with Gasteiger partial charge in [0.15, 0.2) is 0 Å². The third-order valence-electron chi connectivity index (χ3n) is 4.49. The van der Waals surface area contributed by atoms with Gasteiger partial charge in [-0.3, -0.25) is 4.79 Å². The summed E-state index contributed by atoms with van der Waals surface area (Å²) >= 11 is 3.44. The average Bonchev–Trinajstić information content (AvgIpc) is 2.49. The van der Waals surface area contributed by atoms with Gasteiger partial charge in [0.05, 0.1) is 11.5 Å². The van der Waals surface area contributed by atoms with E-state index < -0.39 is 0 Å². The van der Waals surface area contributed by atoms with Crippen molar-refractivity contribution in [1.29, 1.82) is 0 Å². The largest absolute Gasteiger partial charge is 0.349 e. The van der Waals surface area contributed by atoms with Crippen molar-refractivity contribution in [1.82, 2.24) is 10.6 Å². The lowest BCUT2D eigenvalue weighted by Gasteiger charge is -2.37. The summed E-state index contributed by atoms with van der Waals surface area (Å²) in [6.45, 7) is 6.11. The minimum Gasteiger partial charge on any atom is -0.349 e. The molecule has 0 unspecified atom stereocenters. The second-order valence-electron chi connectivity index (χ2n) is 6.03. The maximum atomic E-state index is 12.8. The fourth-order valence-corrected chi connectivity index (χ4v) is 3.42. The van der Waals surface area contributed by atoms with Crippen LogP contribution >= 0.6 is 15.9 Å². The van der Waals surface area contributed by atoms with Crippen LogP contribution in [0.5, 0.6) is 0 Å². The fourth-order valence-electron chi connectivity index (χ4n) is 3.16. The van der Waals surface area contributed by atoms with Gasteiger partial charge in [-0.05, 0) is 57.0 Å². The Hall–Kier alpha value is -0.870. The first-order chi connectivity index (χ1) is 10.1. The standard InChI is InChI=1S/C17H25BrN2O/c1-3-8-17(9-11-19-12-10-17)16(21)20-13(2)14-4-6-15(18)7-5-14/h4-7,13,19H,3,8-12H2,1-2H3,(H,20,21)/t13-/m0/s1. The highest BCUT2D eigenvalue weighted by molar-refractivity contribution is 9.10. The van der Waals surface area contributed by atoms with Gasteiger partial charge in [-0.15, -0.1) is 0 Å². The first-order valence-electron chi connectivity index (χ1n) is 7.84. The van der Waals surface area contributed by atoms with Crippen molar-refractivity contribution in [2.24, 2.45) is 5.41 Å². The molecule has 0 saturated carbocycles. The lowest BCUT2D eigenvalue weighted by molar-refractivity contribution is -0.133. The van der Waals surface area contributed by atoms with E-state index in [0.717, 1.165) is 48.8 Å². The second kappa shape index (κ2) is 7.41. The minimum atomic E-state index is -0.177. The van der Waals surface area contributed by atoms with Gasteiger partial charge >= 0.3 is 0 Å². The van der Waals surface area contributed by atoms with Gasteiger partial charge < -0.3 is 10.6 Å². The van der Waals surface area contributed by atoms with Gasteiger partial charge in [0.25, 0.3) is 0 Å². The highest BCUT2D eigenvalue weighted by Gasteiger charge is 2.38. The Morgan fingerprint density at radius 1 is 1.33 bits per heavy atom. The van der Waals surface area contributed by atoms with Crippen molar-refractivity contribution < 1.29 is 4.79 Å². The van der Waals surface area contributed by atoms with E-state index in [-0.39, 0.29) is 17.4 Å². The van der Waals surface area contributed by atoms with Gasteiger partial charge in [-0.1, -0.05) is 41.4 Å². The third-order valence-corrected chi connectivity index (χ3v) is 5.02. The number of amides is 1. The highest BCUT2D eigenvalue weighted by atomic mass is 79.9. The van der Waals surface area contributed by atoms with Crippen LogP contribution in [0.4, 0.5) is 0 Å². The van der Waals surface area contributed by atoms with Crippen LogP contribution in [0.3, 0.4) is 0 Å². The van der Waals surface area contributed by atoms with Crippen molar-refractivity contribution in [3.05, 3.63) is 34.3 Å². The molecule has 1 aliphatic heterocycles. The van der Waals surface area contributed by atoms with Crippen LogP contribution in [0.2, 0.25) is 0 Å². The van der Waals surface area contributed by atoms with Crippen LogP contribution in [0, 0.1) is 5.41 Å². The molecule has 0 radical (unpaired) electrons. The molecule has 3 nitrogen and oxygen atoms in total. The number of carbonyl (C=O) groups is 1. The van der Waals surface area contributed by atoms with Crippen molar-refractivity contribution in [2.75, 3.05) is 13.1 Å². The molecule has 21 heavy (non-hydrogen) atoms. The quantitative estimate of drug-likeness (QED) is 0.846. The summed E-state index contributed by atoms with van der Waals surface area (Å²) in [5.74, 6) is 0.223. The molecule has 2 N–H and O–H groups in total. The first-order valence-corrected chi connectivity index (χ1v) is 8.64. The Balaban J connectivity index is 2.05. The molecule has 1 fully saturated rings. The molecule has 1 aromatic rings. The second-order valence-corrected chi connectivity index (χ2v) is 6.94.